The van der Waals surface area contributed by atoms with Crippen LogP contribution in [0.1, 0.15) is 12.5 Å². The van der Waals surface area contributed by atoms with Crippen LogP contribution in [0.3, 0.4) is 0 Å². The predicted molar refractivity (Wildman–Crippen MR) is 78.5 cm³/mol. The zero-order valence-electron chi connectivity index (χ0n) is 12.9. The van der Waals surface area contributed by atoms with Crippen molar-refractivity contribution >= 4 is 5.91 Å². The van der Waals surface area contributed by atoms with Gasteiger partial charge in [0.2, 0.25) is 5.91 Å². The van der Waals surface area contributed by atoms with Crippen molar-refractivity contribution in [3.05, 3.63) is 30.1 Å². The van der Waals surface area contributed by atoms with Crippen LogP contribution >= 0.6 is 0 Å². The summed E-state index contributed by atoms with van der Waals surface area (Å²) < 4.78 is 11.9. The number of likely N-dealkylation sites (N-methyl/N-ethyl adjacent to an activating group) is 1. The summed E-state index contributed by atoms with van der Waals surface area (Å²) in [5.74, 6) is 1.25. The summed E-state index contributed by atoms with van der Waals surface area (Å²) in [6.45, 7) is 3.12. The molecule has 2 rings (SSSR count). The molecule has 0 aliphatic rings. The van der Waals surface area contributed by atoms with Gasteiger partial charge in [-0.2, -0.15) is 0 Å². The number of nitrogens with zero attached hydrogens (tertiary/aromatic N) is 5. The van der Waals surface area contributed by atoms with Gasteiger partial charge in [-0.25, -0.2) is 4.68 Å². The Kier molecular flexibility index (Phi) is 5.29. The van der Waals surface area contributed by atoms with Gasteiger partial charge in [-0.05, 0) is 35.0 Å². The summed E-state index contributed by atoms with van der Waals surface area (Å²) in [6.07, 6.45) is 1.42. The van der Waals surface area contributed by atoms with Crippen LogP contribution in [0.5, 0.6) is 11.5 Å². The molecular formula is C14H19N5O3. The third-order valence-corrected chi connectivity index (χ3v) is 3.24. The largest absolute Gasteiger partial charge is 0.493 e. The average molecular weight is 305 g/mol. The Labute approximate surface area is 128 Å². The molecule has 1 heterocycles. The molecule has 0 saturated carbocycles. The van der Waals surface area contributed by atoms with E-state index in [0.717, 1.165) is 5.56 Å². The quantitative estimate of drug-likeness (QED) is 0.750. The van der Waals surface area contributed by atoms with Crippen LogP contribution in [0, 0.1) is 0 Å². The molecule has 118 valence electrons. The van der Waals surface area contributed by atoms with Crippen LogP contribution in [-0.2, 0) is 17.9 Å². The summed E-state index contributed by atoms with van der Waals surface area (Å²) in [5, 5.41) is 10.7. The maximum atomic E-state index is 12.3. The van der Waals surface area contributed by atoms with Gasteiger partial charge in [0.25, 0.3) is 0 Å². The molecule has 1 amide bonds. The summed E-state index contributed by atoms with van der Waals surface area (Å²) in [6, 6.07) is 5.61. The van der Waals surface area contributed by atoms with Gasteiger partial charge < -0.3 is 14.4 Å². The number of carbonyl (C=O) groups excluding carboxylic acids is 1. The molecule has 0 unspecified atom stereocenters. The van der Waals surface area contributed by atoms with Crippen LogP contribution in [0.25, 0.3) is 0 Å². The van der Waals surface area contributed by atoms with E-state index in [9.17, 15) is 4.79 Å². The second-order valence-electron chi connectivity index (χ2n) is 4.60. The molecule has 0 bridgehead atoms. The molecule has 0 spiro atoms. The first-order valence-electron chi connectivity index (χ1n) is 6.87. The Morgan fingerprint density at radius 1 is 1.27 bits per heavy atom. The fourth-order valence-electron chi connectivity index (χ4n) is 2.07. The van der Waals surface area contributed by atoms with Crippen LogP contribution in [-0.4, -0.2) is 51.8 Å². The molecule has 0 radical (unpaired) electrons. The van der Waals surface area contributed by atoms with Crippen molar-refractivity contribution in [2.75, 3.05) is 20.8 Å². The second kappa shape index (κ2) is 7.39. The summed E-state index contributed by atoms with van der Waals surface area (Å²) in [7, 11) is 3.17. The molecule has 8 nitrogen and oxygen atoms in total. The molecule has 0 fully saturated rings. The molecule has 22 heavy (non-hydrogen) atoms. The van der Waals surface area contributed by atoms with Crippen molar-refractivity contribution in [3.8, 4) is 11.5 Å². The van der Waals surface area contributed by atoms with Gasteiger partial charge >= 0.3 is 0 Å². The Bertz CT molecular complexity index is 615. The lowest BCUT2D eigenvalue weighted by Gasteiger charge is -2.21. The monoisotopic (exact) mass is 305 g/mol. The van der Waals surface area contributed by atoms with E-state index in [1.165, 1.54) is 11.0 Å². The van der Waals surface area contributed by atoms with Crippen LogP contribution in [0.15, 0.2) is 24.5 Å². The molecule has 0 atom stereocenters. The van der Waals surface area contributed by atoms with Gasteiger partial charge in [0.15, 0.2) is 11.5 Å². The molecule has 1 aromatic carbocycles. The van der Waals surface area contributed by atoms with E-state index in [0.29, 0.717) is 24.6 Å². The Morgan fingerprint density at radius 2 is 2.05 bits per heavy atom. The molecule has 0 aliphatic carbocycles. The molecule has 2 aromatic rings. The van der Waals surface area contributed by atoms with Crippen molar-refractivity contribution in [3.63, 3.8) is 0 Å². The smallest absolute Gasteiger partial charge is 0.244 e. The van der Waals surface area contributed by atoms with Gasteiger partial charge in [0, 0.05) is 13.1 Å². The number of rotatable bonds is 7. The van der Waals surface area contributed by atoms with E-state index in [4.69, 9.17) is 9.47 Å². The van der Waals surface area contributed by atoms with Crippen molar-refractivity contribution in [1.29, 1.82) is 0 Å². The first-order chi connectivity index (χ1) is 10.7. The van der Waals surface area contributed by atoms with Crippen molar-refractivity contribution in [2.24, 2.45) is 0 Å². The Morgan fingerprint density at radius 3 is 2.64 bits per heavy atom. The molecule has 1 aromatic heterocycles. The van der Waals surface area contributed by atoms with Crippen LogP contribution < -0.4 is 9.47 Å². The molecule has 8 heteroatoms. The van der Waals surface area contributed by atoms with Crippen molar-refractivity contribution in [1.82, 2.24) is 25.1 Å². The number of hydrogen-bond acceptors (Lipinski definition) is 6. The van der Waals surface area contributed by atoms with Gasteiger partial charge in [0.05, 0.1) is 14.2 Å². The zero-order valence-corrected chi connectivity index (χ0v) is 12.9. The molecule has 0 N–H and O–H groups in total. The summed E-state index contributed by atoms with van der Waals surface area (Å²) in [4.78, 5) is 14.0. The van der Waals surface area contributed by atoms with E-state index in [1.54, 1.807) is 19.1 Å². The van der Waals surface area contributed by atoms with Gasteiger partial charge in [-0.1, -0.05) is 6.07 Å². The minimum absolute atomic E-state index is 0.0513. The maximum absolute atomic E-state index is 12.3. The number of tetrazole rings is 1. The highest BCUT2D eigenvalue weighted by atomic mass is 16.5. The molecular weight excluding hydrogens is 286 g/mol. The van der Waals surface area contributed by atoms with Gasteiger partial charge in [-0.15, -0.1) is 5.10 Å². The van der Waals surface area contributed by atoms with Crippen LogP contribution in [0.4, 0.5) is 0 Å². The third-order valence-electron chi connectivity index (χ3n) is 3.24. The van der Waals surface area contributed by atoms with E-state index in [1.807, 2.05) is 25.1 Å². The highest BCUT2D eigenvalue weighted by Crippen LogP contribution is 2.28. The van der Waals surface area contributed by atoms with Gasteiger partial charge in [0.1, 0.15) is 12.9 Å². The molecule has 0 saturated heterocycles. The number of amides is 1. The number of ether oxygens (including phenoxy) is 2. The second-order valence-corrected chi connectivity index (χ2v) is 4.60. The third kappa shape index (κ3) is 3.72. The average Bonchev–Trinajstić information content (AvgIpc) is 3.05. The first-order valence-corrected chi connectivity index (χ1v) is 6.87. The summed E-state index contributed by atoms with van der Waals surface area (Å²) in [5.41, 5.74) is 0.963. The van der Waals surface area contributed by atoms with E-state index in [-0.39, 0.29) is 12.5 Å². The van der Waals surface area contributed by atoms with Crippen molar-refractivity contribution < 1.29 is 14.3 Å². The highest BCUT2D eigenvalue weighted by Gasteiger charge is 2.14. The fraction of sp³-hybridized carbons (Fsp3) is 0.429. The number of hydrogen-bond donors (Lipinski definition) is 0. The minimum atomic E-state index is -0.0513. The Hall–Kier alpha value is -2.64. The maximum Gasteiger partial charge on any atom is 0.244 e. The number of carbonyl (C=O) groups is 1. The lowest BCUT2D eigenvalue weighted by Crippen LogP contribution is -2.33. The fourth-order valence-corrected chi connectivity index (χ4v) is 2.07. The highest BCUT2D eigenvalue weighted by molar-refractivity contribution is 5.75. The number of aromatic nitrogens is 4. The summed E-state index contributed by atoms with van der Waals surface area (Å²) >= 11 is 0. The van der Waals surface area contributed by atoms with E-state index in [2.05, 4.69) is 15.5 Å². The number of benzene rings is 1. The lowest BCUT2D eigenvalue weighted by atomic mass is 10.2. The van der Waals surface area contributed by atoms with Crippen LogP contribution in [0.2, 0.25) is 0 Å². The van der Waals surface area contributed by atoms with Gasteiger partial charge in [-0.3, -0.25) is 4.79 Å². The molecule has 0 aliphatic heterocycles. The normalized spacial score (nSPS) is 10.3. The standard InChI is InChI=1S/C14H19N5O3/c1-4-18(14(20)9-19-10-15-16-17-19)8-11-5-6-12(21-2)13(7-11)22-3/h5-7,10H,4,8-9H2,1-3H3. The van der Waals surface area contributed by atoms with E-state index >= 15 is 0 Å². The van der Waals surface area contributed by atoms with Crippen molar-refractivity contribution in [2.45, 2.75) is 20.0 Å². The SMILES string of the molecule is CCN(Cc1ccc(OC)c(OC)c1)C(=O)Cn1cnnn1. The predicted octanol–water partition coefficient (Wildman–Crippen LogP) is 0.739. The first kappa shape index (κ1) is 15.7. The minimum Gasteiger partial charge on any atom is -0.493 e. The topological polar surface area (TPSA) is 82.4 Å². The lowest BCUT2D eigenvalue weighted by molar-refractivity contribution is -0.132. The van der Waals surface area contributed by atoms with E-state index < -0.39 is 0 Å². The Balaban J connectivity index is 2.07. The number of methoxy groups -OCH3 is 2. The zero-order chi connectivity index (χ0) is 15.9.